The summed E-state index contributed by atoms with van der Waals surface area (Å²) < 4.78 is 5.69. The molecule has 2 N–H and O–H groups in total. The molecule has 0 saturated carbocycles. The molecule has 0 spiro atoms. The monoisotopic (exact) mass is 393 g/mol. The van der Waals surface area contributed by atoms with Gasteiger partial charge in [-0.2, -0.15) is 0 Å². The van der Waals surface area contributed by atoms with E-state index in [1.807, 2.05) is 11.8 Å². The van der Waals surface area contributed by atoms with Crippen molar-refractivity contribution in [2.75, 3.05) is 13.7 Å². The van der Waals surface area contributed by atoms with Crippen molar-refractivity contribution in [2.45, 2.75) is 40.5 Å². The molecule has 0 aliphatic carbocycles. The third kappa shape index (κ3) is 4.53. The van der Waals surface area contributed by atoms with E-state index in [-0.39, 0.29) is 0 Å². The van der Waals surface area contributed by atoms with Crippen LogP contribution in [0.2, 0.25) is 0 Å². The molecule has 3 heteroatoms. The van der Waals surface area contributed by atoms with Gasteiger partial charge in [-0.1, -0.05) is 54.6 Å². The highest BCUT2D eigenvalue weighted by molar-refractivity contribution is 8.11. The maximum absolute atomic E-state index is 5.75. The Morgan fingerprint density at radius 2 is 1.79 bits per heavy atom. The lowest BCUT2D eigenvalue weighted by Gasteiger charge is -2.22. The molecule has 28 heavy (non-hydrogen) atoms. The molecular weight excluding hydrogens is 362 g/mol. The van der Waals surface area contributed by atoms with E-state index in [2.05, 4.69) is 69.5 Å². The smallest absolute Gasteiger partial charge is 0.122 e. The fourth-order valence-electron chi connectivity index (χ4n) is 3.64. The summed E-state index contributed by atoms with van der Waals surface area (Å²) >= 11 is 1.83. The zero-order valence-corrected chi connectivity index (χ0v) is 18.5. The molecule has 3 rings (SSSR count). The van der Waals surface area contributed by atoms with Crippen LogP contribution in [-0.2, 0) is 12.8 Å². The predicted octanol–water partition coefficient (Wildman–Crippen LogP) is 5.97. The first kappa shape index (κ1) is 20.8. The highest BCUT2D eigenvalue weighted by Crippen LogP contribution is 2.39. The third-order valence-electron chi connectivity index (χ3n) is 5.66. The minimum Gasteiger partial charge on any atom is -0.496 e. The molecule has 1 atom stereocenters. The predicted molar refractivity (Wildman–Crippen MR) is 123 cm³/mol. The second kappa shape index (κ2) is 9.02. The minimum atomic E-state index is 0.409. The summed E-state index contributed by atoms with van der Waals surface area (Å²) in [5.41, 5.74) is 15.0. The molecule has 0 fully saturated rings. The lowest BCUT2D eigenvalue weighted by atomic mass is 9.91. The van der Waals surface area contributed by atoms with Crippen molar-refractivity contribution in [3.05, 3.63) is 80.8 Å². The van der Waals surface area contributed by atoms with Gasteiger partial charge in [0.1, 0.15) is 5.75 Å². The van der Waals surface area contributed by atoms with E-state index in [4.69, 9.17) is 10.5 Å². The molecule has 1 unspecified atom stereocenters. The molecule has 0 amide bonds. The molecule has 2 aromatic carbocycles. The molecule has 1 heterocycles. The second-order valence-electron chi connectivity index (χ2n) is 7.74. The van der Waals surface area contributed by atoms with Gasteiger partial charge in [-0.05, 0) is 90.9 Å². The third-order valence-corrected chi connectivity index (χ3v) is 6.71. The van der Waals surface area contributed by atoms with Crippen LogP contribution < -0.4 is 10.5 Å². The number of rotatable bonds is 6. The summed E-state index contributed by atoms with van der Waals surface area (Å²) in [6.45, 7) is 9.46. The number of benzene rings is 2. The van der Waals surface area contributed by atoms with Gasteiger partial charge in [0.2, 0.25) is 0 Å². The average Bonchev–Trinajstić information content (AvgIpc) is 2.67. The lowest BCUT2D eigenvalue weighted by molar-refractivity contribution is 0.409. The van der Waals surface area contributed by atoms with Crippen LogP contribution in [0.25, 0.3) is 4.91 Å². The number of hydrogen-bond donors (Lipinski definition) is 1. The molecule has 1 aliphatic rings. The molecule has 2 aromatic rings. The van der Waals surface area contributed by atoms with Gasteiger partial charge in [-0.25, -0.2) is 0 Å². The fourth-order valence-corrected chi connectivity index (χ4v) is 4.77. The number of nitrogens with two attached hydrogens (primary N) is 1. The van der Waals surface area contributed by atoms with Crippen LogP contribution in [0.4, 0.5) is 0 Å². The molecule has 0 saturated heterocycles. The largest absolute Gasteiger partial charge is 0.496 e. The van der Waals surface area contributed by atoms with Crippen molar-refractivity contribution in [1.82, 2.24) is 0 Å². The first-order valence-corrected chi connectivity index (χ1v) is 10.8. The fraction of sp³-hybridized carbons (Fsp3) is 0.360. The summed E-state index contributed by atoms with van der Waals surface area (Å²) in [5.74, 6) is 1.38. The van der Waals surface area contributed by atoms with Crippen LogP contribution in [0.1, 0.15) is 40.3 Å². The van der Waals surface area contributed by atoms with E-state index in [9.17, 15) is 0 Å². The quantitative estimate of drug-likeness (QED) is 0.656. The normalized spacial score (nSPS) is 16.6. The molecular formula is C25H31NOS. The van der Waals surface area contributed by atoms with Crippen LogP contribution in [0.5, 0.6) is 5.75 Å². The van der Waals surface area contributed by atoms with Crippen molar-refractivity contribution < 1.29 is 4.74 Å². The topological polar surface area (TPSA) is 35.2 Å². The maximum Gasteiger partial charge on any atom is 0.122 e. The van der Waals surface area contributed by atoms with E-state index in [1.165, 1.54) is 43.9 Å². The highest BCUT2D eigenvalue weighted by Gasteiger charge is 2.18. The summed E-state index contributed by atoms with van der Waals surface area (Å²) in [7, 11) is 1.76. The van der Waals surface area contributed by atoms with Gasteiger partial charge < -0.3 is 10.5 Å². The van der Waals surface area contributed by atoms with Gasteiger partial charge in [-0.3, -0.25) is 0 Å². The number of hydrogen-bond acceptors (Lipinski definition) is 3. The zero-order chi connectivity index (χ0) is 20.3. The van der Waals surface area contributed by atoms with Gasteiger partial charge in [-0.15, -0.1) is 0 Å². The number of aryl methyl sites for hydroxylation is 3. The Hall–Kier alpha value is -1.97. The van der Waals surface area contributed by atoms with Crippen molar-refractivity contribution in [1.29, 1.82) is 0 Å². The van der Waals surface area contributed by atoms with Crippen molar-refractivity contribution in [3.63, 3.8) is 0 Å². The summed E-state index contributed by atoms with van der Waals surface area (Å²) in [6.07, 6.45) is 4.20. The van der Waals surface area contributed by atoms with E-state index < -0.39 is 0 Å². The molecule has 2 nitrogen and oxygen atoms in total. The van der Waals surface area contributed by atoms with Crippen molar-refractivity contribution in [3.8, 4) is 5.75 Å². The van der Waals surface area contributed by atoms with E-state index in [0.29, 0.717) is 12.5 Å². The van der Waals surface area contributed by atoms with Crippen LogP contribution in [0, 0.1) is 26.7 Å². The highest BCUT2D eigenvalue weighted by atomic mass is 32.2. The average molecular weight is 394 g/mol. The van der Waals surface area contributed by atoms with Crippen molar-refractivity contribution in [2.24, 2.45) is 11.7 Å². The first-order chi connectivity index (χ1) is 13.4. The summed E-state index contributed by atoms with van der Waals surface area (Å²) in [5, 5.41) is 2.33. The van der Waals surface area contributed by atoms with Gasteiger partial charge in [0, 0.05) is 4.91 Å². The van der Waals surface area contributed by atoms with Gasteiger partial charge in [0.25, 0.3) is 0 Å². The van der Waals surface area contributed by atoms with Crippen LogP contribution in [0.15, 0.2) is 47.4 Å². The van der Waals surface area contributed by atoms with E-state index in [0.717, 1.165) is 18.6 Å². The lowest BCUT2D eigenvalue weighted by Crippen LogP contribution is -2.08. The Balaban J connectivity index is 1.80. The Bertz CT molecular complexity index is 926. The Morgan fingerprint density at radius 3 is 2.43 bits per heavy atom. The number of thioether (sulfide) groups is 1. The van der Waals surface area contributed by atoms with Crippen molar-refractivity contribution >= 4 is 16.7 Å². The molecule has 0 aromatic heterocycles. The Morgan fingerprint density at radius 1 is 1.00 bits per heavy atom. The SMILES string of the molecule is COc1cc(CCN)c(C)cc1CC1=CSC(c2ccc(C)c(C)c2)=CC1C. The molecule has 0 radical (unpaired) electrons. The summed E-state index contributed by atoms with van der Waals surface area (Å²) in [4.78, 5) is 1.35. The Labute approximate surface area is 173 Å². The van der Waals surface area contributed by atoms with Crippen LogP contribution in [-0.4, -0.2) is 13.7 Å². The minimum absolute atomic E-state index is 0.409. The second-order valence-corrected chi connectivity index (χ2v) is 8.65. The van der Waals surface area contributed by atoms with Gasteiger partial charge >= 0.3 is 0 Å². The van der Waals surface area contributed by atoms with Gasteiger partial charge in [0.05, 0.1) is 7.11 Å². The number of allylic oxidation sites excluding steroid dienone is 2. The molecule has 148 valence electrons. The summed E-state index contributed by atoms with van der Waals surface area (Å²) in [6, 6.07) is 11.2. The number of methoxy groups -OCH3 is 1. The first-order valence-electron chi connectivity index (χ1n) is 9.94. The van der Waals surface area contributed by atoms with Gasteiger partial charge in [0.15, 0.2) is 0 Å². The standard InChI is InChI=1S/C25H31NOS/c1-16-6-7-21(10-17(16)2)25-12-19(4)23(15-28-25)13-22-11-18(3)20(8-9-26)14-24(22)27-5/h6-7,10-12,14-15,19H,8-9,13,26H2,1-5H3. The molecule has 0 bridgehead atoms. The van der Waals surface area contributed by atoms with Crippen LogP contribution in [0.3, 0.4) is 0 Å². The van der Waals surface area contributed by atoms with E-state index in [1.54, 1.807) is 7.11 Å². The van der Waals surface area contributed by atoms with E-state index >= 15 is 0 Å². The maximum atomic E-state index is 5.75. The zero-order valence-electron chi connectivity index (χ0n) is 17.6. The molecule has 1 aliphatic heterocycles. The van der Waals surface area contributed by atoms with Crippen LogP contribution >= 0.6 is 11.8 Å². The Kier molecular flexibility index (Phi) is 6.69. The number of ether oxygens (including phenoxy) is 1.